The predicted molar refractivity (Wildman–Crippen MR) is 75.0 cm³/mol. The van der Waals surface area contributed by atoms with Gasteiger partial charge in [0.15, 0.2) is 0 Å². The van der Waals surface area contributed by atoms with Crippen LogP contribution in [0.5, 0.6) is 0 Å². The van der Waals surface area contributed by atoms with Crippen molar-refractivity contribution in [1.29, 1.82) is 0 Å². The third-order valence-electron chi connectivity index (χ3n) is 3.10. The first kappa shape index (κ1) is 16.7. The summed E-state index contributed by atoms with van der Waals surface area (Å²) in [6.45, 7) is 2.64. The molecule has 0 saturated carbocycles. The van der Waals surface area contributed by atoms with E-state index in [2.05, 4.69) is 4.74 Å². The fourth-order valence-corrected chi connectivity index (χ4v) is 1.90. The number of hydrogen-bond acceptors (Lipinski definition) is 5. The van der Waals surface area contributed by atoms with E-state index >= 15 is 0 Å². The maximum absolute atomic E-state index is 12.3. The van der Waals surface area contributed by atoms with Crippen molar-refractivity contribution in [2.45, 2.75) is 26.3 Å². The fraction of sp³-hybridized carbons (Fsp3) is 0.538. The second-order valence-electron chi connectivity index (χ2n) is 4.53. The van der Waals surface area contributed by atoms with E-state index in [0.29, 0.717) is 19.5 Å². The van der Waals surface area contributed by atoms with Crippen LogP contribution in [0.4, 0.5) is 5.69 Å². The Labute approximate surface area is 122 Å². The van der Waals surface area contributed by atoms with Crippen molar-refractivity contribution in [2.75, 3.05) is 20.7 Å². The molecule has 1 aromatic rings. The Morgan fingerprint density at radius 1 is 1.48 bits per heavy atom. The van der Waals surface area contributed by atoms with Gasteiger partial charge in [0.05, 0.1) is 18.2 Å². The topological polar surface area (TPSA) is 94.7 Å². The van der Waals surface area contributed by atoms with Crippen LogP contribution < -0.4 is 0 Å². The highest BCUT2D eigenvalue weighted by Crippen LogP contribution is 2.18. The van der Waals surface area contributed by atoms with Crippen LogP contribution in [-0.2, 0) is 16.1 Å². The van der Waals surface area contributed by atoms with Crippen molar-refractivity contribution in [2.24, 2.45) is 0 Å². The summed E-state index contributed by atoms with van der Waals surface area (Å²) in [6.07, 6.45) is 2.04. The number of rotatable bonds is 7. The van der Waals surface area contributed by atoms with Gasteiger partial charge in [0.2, 0.25) is 0 Å². The molecule has 1 amide bonds. The molecule has 0 bridgehead atoms. The van der Waals surface area contributed by atoms with E-state index in [1.54, 1.807) is 14.0 Å². The maximum Gasteiger partial charge on any atom is 0.305 e. The summed E-state index contributed by atoms with van der Waals surface area (Å²) in [4.78, 5) is 35.0. The van der Waals surface area contributed by atoms with Crippen LogP contribution >= 0.6 is 0 Å². The number of esters is 1. The lowest BCUT2D eigenvalue weighted by Gasteiger charge is -2.17. The Morgan fingerprint density at radius 2 is 2.14 bits per heavy atom. The minimum Gasteiger partial charge on any atom is -0.469 e. The summed E-state index contributed by atoms with van der Waals surface area (Å²) in [5.74, 6) is -0.641. The lowest BCUT2D eigenvalue weighted by molar-refractivity contribution is -0.384. The van der Waals surface area contributed by atoms with E-state index in [4.69, 9.17) is 0 Å². The zero-order valence-corrected chi connectivity index (χ0v) is 12.4. The predicted octanol–water partition coefficient (Wildman–Crippen LogP) is 1.44. The minimum atomic E-state index is -0.528. The monoisotopic (exact) mass is 297 g/mol. The first-order chi connectivity index (χ1) is 9.90. The quantitative estimate of drug-likeness (QED) is 0.431. The molecule has 0 saturated heterocycles. The van der Waals surface area contributed by atoms with E-state index in [-0.39, 0.29) is 29.7 Å². The zero-order valence-electron chi connectivity index (χ0n) is 12.4. The molecule has 0 aromatic carbocycles. The molecule has 1 heterocycles. The fourth-order valence-electron chi connectivity index (χ4n) is 1.90. The van der Waals surface area contributed by atoms with E-state index in [9.17, 15) is 19.7 Å². The van der Waals surface area contributed by atoms with Gasteiger partial charge in [-0.3, -0.25) is 19.7 Å². The van der Waals surface area contributed by atoms with Crippen molar-refractivity contribution in [3.05, 3.63) is 28.1 Å². The summed E-state index contributed by atoms with van der Waals surface area (Å²) in [5, 5.41) is 10.8. The van der Waals surface area contributed by atoms with Gasteiger partial charge in [-0.2, -0.15) is 0 Å². The molecule has 0 spiro atoms. The average molecular weight is 297 g/mol. The van der Waals surface area contributed by atoms with Gasteiger partial charge in [-0.15, -0.1) is 0 Å². The van der Waals surface area contributed by atoms with Crippen molar-refractivity contribution < 1.29 is 19.2 Å². The largest absolute Gasteiger partial charge is 0.469 e. The Hall–Kier alpha value is -2.38. The van der Waals surface area contributed by atoms with Crippen molar-refractivity contribution in [3.63, 3.8) is 0 Å². The highest BCUT2D eigenvalue weighted by Gasteiger charge is 2.21. The first-order valence-corrected chi connectivity index (χ1v) is 6.57. The number of carbonyl (C=O) groups is 2. The molecule has 0 aliphatic carbocycles. The highest BCUT2D eigenvalue weighted by molar-refractivity contribution is 5.93. The first-order valence-electron chi connectivity index (χ1n) is 6.57. The summed E-state index contributed by atoms with van der Waals surface area (Å²) >= 11 is 0. The van der Waals surface area contributed by atoms with Crippen LogP contribution in [0.1, 0.15) is 30.3 Å². The summed E-state index contributed by atoms with van der Waals surface area (Å²) in [7, 11) is 2.91. The van der Waals surface area contributed by atoms with E-state index in [1.807, 2.05) is 0 Å². The van der Waals surface area contributed by atoms with Crippen molar-refractivity contribution in [1.82, 2.24) is 9.47 Å². The number of carbonyl (C=O) groups excluding carboxylic acids is 2. The maximum atomic E-state index is 12.3. The minimum absolute atomic E-state index is 0.108. The Morgan fingerprint density at radius 3 is 2.67 bits per heavy atom. The smallest absolute Gasteiger partial charge is 0.305 e. The highest BCUT2D eigenvalue weighted by atomic mass is 16.6. The van der Waals surface area contributed by atoms with Gasteiger partial charge in [-0.05, 0) is 13.3 Å². The molecule has 21 heavy (non-hydrogen) atoms. The molecule has 8 heteroatoms. The van der Waals surface area contributed by atoms with Gasteiger partial charge >= 0.3 is 5.97 Å². The number of methoxy groups -OCH3 is 1. The summed E-state index contributed by atoms with van der Waals surface area (Å²) < 4.78 is 6.06. The number of nitro groups is 1. The lowest BCUT2D eigenvalue weighted by atomic mass is 10.3. The second kappa shape index (κ2) is 7.41. The van der Waals surface area contributed by atoms with Gasteiger partial charge < -0.3 is 14.2 Å². The normalized spacial score (nSPS) is 10.2. The number of aryl methyl sites for hydroxylation is 1. The Kier molecular flexibility index (Phi) is 5.89. The number of aromatic nitrogens is 1. The number of ether oxygens (including phenoxy) is 1. The molecule has 116 valence electrons. The van der Waals surface area contributed by atoms with E-state index in [0.717, 1.165) is 0 Å². The molecule has 0 aliphatic rings. The lowest BCUT2D eigenvalue weighted by Crippen LogP contribution is -2.29. The third-order valence-corrected chi connectivity index (χ3v) is 3.10. The molecule has 0 N–H and O–H groups in total. The molecule has 1 aromatic heterocycles. The number of amides is 1. The number of nitrogens with zero attached hydrogens (tertiary/aromatic N) is 3. The van der Waals surface area contributed by atoms with Crippen LogP contribution in [0.25, 0.3) is 0 Å². The van der Waals surface area contributed by atoms with Gasteiger partial charge in [0, 0.05) is 32.6 Å². The van der Waals surface area contributed by atoms with Crippen LogP contribution in [0.15, 0.2) is 12.3 Å². The van der Waals surface area contributed by atoms with Gasteiger partial charge in [-0.1, -0.05) is 0 Å². The van der Waals surface area contributed by atoms with E-state index in [1.165, 1.54) is 28.8 Å². The molecule has 0 atom stereocenters. The zero-order chi connectivity index (χ0) is 16.0. The van der Waals surface area contributed by atoms with Crippen LogP contribution in [0.2, 0.25) is 0 Å². The molecule has 0 unspecified atom stereocenters. The molecule has 8 nitrogen and oxygen atoms in total. The molecule has 0 aliphatic heterocycles. The van der Waals surface area contributed by atoms with Crippen molar-refractivity contribution >= 4 is 17.6 Å². The van der Waals surface area contributed by atoms with Crippen LogP contribution in [0.3, 0.4) is 0 Å². The van der Waals surface area contributed by atoms with Gasteiger partial charge in [0.25, 0.3) is 11.6 Å². The second-order valence-corrected chi connectivity index (χ2v) is 4.53. The summed E-state index contributed by atoms with van der Waals surface area (Å²) in [5.41, 5.74) is 0.160. The van der Waals surface area contributed by atoms with Gasteiger partial charge in [-0.25, -0.2) is 0 Å². The van der Waals surface area contributed by atoms with E-state index < -0.39 is 4.92 Å². The molecule has 0 fully saturated rings. The van der Waals surface area contributed by atoms with Crippen LogP contribution in [-0.4, -0.2) is 47.0 Å². The van der Waals surface area contributed by atoms with Crippen molar-refractivity contribution in [3.8, 4) is 0 Å². The number of hydrogen-bond donors (Lipinski definition) is 0. The molecule has 1 rings (SSSR count). The standard InChI is InChI=1S/C13H19N3O5/c1-4-15-9-10(16(19)20)8-11(15)13(18)14(2)7-5-6-12(17)21-3/h8-9H,4-7H2,1-3H3. The van der Waals surface area contributed by atoms with Crippen LogP contribution in [0, 0.1) is 10.1 Å². The molecular formula is C13H19N3O5. The molecule has 0 radical (unpaired) electrons. The molecular weight excluding hydrogens is 278 g/mol. The van der Waals surface area contributed by atoms with Gasteiger partial charge in [0.1, 0.15) is 5.69 Å². The Balaban J connectivity index is 2.73. The summed E-state index contributed by atoms with van der Waals surface area (Å²) in [6, 6.07) is 1.27. The third kappa shape index (κ3) is 4.30. The average Bonchev–Trinajstić information content (AvgIpc) is 2.90. The SMILES string of the molecule is CCn1cc([N+](=O)[O-])cc1C(=O)N(C)CCCC(=O)OC. The Bertz CT molecular complexity index is 538.